The fourth-order valence-electron chi connectivity index (χ4n) is 1.09. The Balaban J connectivity index is 2.84. The molecule has 1 unspecified atom stereocenters. The van der Waals surface area contributed by atoms with Gasteiger partial charge in [0.2, 0.25) is 0 Å². The molecule has 0 aliphatic carbocycles. The summed E-state index contributed by atoms with van der Waals surface area (Å²) in [6, 6.07) is 4.19. The highest BCUT2D eigenvalue weighted by molar-refractivity contribution is 7.13. The molecule has 12 heavy (non-hydrogen) atoms. The summed E-state index contributed by atoms with van der Waals surface area (Å²) in [4.78, 5) is 2.55. The van der Waals surface area contributed by atoms with E-state index in [-0.39, 0.29) is 6.10 Å². The summed E-state index contributed by atoms with van der Waals surface area (Å²) in [5.41, 5.74) is 1.16. The normalized spacial score (nSPS) is 14.8. The molecule has 0 bridgehead atoms. The number of aliphatic hydroxyl groups excluding tert-OH is 1. The van der Waals surface area contributed by atoms with Gasteiger partial charge in [0, 0.05) is 9.75 Å². The molecular weight excluding hydrogens is 168 g/mol. The lowest BCUT2D eigenvalue weighted by molar-refractivity contribution is 0.244. The second kappa shape index (κ2) is 3.87. The minimum atomic E-state index is -0.354. The molecule has 1 nitrogen and oxygen atoms in total. The first-order valence-electron chi connectivity index (χ1n) is 4.03. The third-order valence-electron chi connectivity index (χ3n) is 1.62. The van der Waals surface area contributed by atoms with E-state index in [9.17, 15) is 0 Å². The van der Waals surface area contributed by atoms with E-state index in [1.807, 2.05) is 13.0 Å². The SMILES string of the molecule is C/C(=C/C(C)O)c1ccc(C)s1. The second-order valence-electron chi connectivity index (χ2n) is 3.00. The summed E-state index contributed by atoms with van der Waals surface area (Å²) in [5, 5.41) is 9.12. The Labute approximate surface area is 77.4 Å². The molecule has 1 N–H and O–H groups in total. The fourth-order valence-corrected chi connectivity index (χ4v) is 1.94. The van der Waals surface area contributed by atoms with Crippen LogP contribution in [0.2, 0.25) is 0 Å². The minimum absolute atomic E-state index is 0.354. The highest BCUT2D eigenvalue weighted by Gasteiger charge is 1.99. The molecule has 0 amide bonds. The first kappa shape index (κ1) is 9.49. The zero-order valence-electron chi connectivity index (χ0n) is 7.66. The molecule has 0 saturated carbocycles. The van der Waals surface area contributed by atoms with E-state index in [1.165, 1.54) is 9.75 Å². The summed E-state index contributed by atoms with van der Waals surface area (Å²) in [5.74, 6) is 0. The van der Waals surface area contributed by atoms with Gasteiger partial charge in [0.05, 0.1) is 6.10 Å². The summed E-state index contributed by atoms with van der Waals surface area (Å²) < 4.78 is 0. The number of rotatable bonds is 2. The van der Waals surface area contributed by atoms with E-state index < -0.39 is 0 Å². The van der Waals surface area contributed by atoms with Crippen LogP contribution in [0.15, 0.2) is 18.2 Å². The van der Waals surface area contributed by atoms with Crippen molar-refractivity contribution in [3.8, 4) is 0 Å². The Morgan fingerprint density at radius 1 is 1.58 bits per heavy atom. The van der Waals surface area contributed by atoms with E-state index in [1.54, 1.807) is 18.3 Å². The molecule has 0 radical (unpaired) electrons. The number of allylic oxidation sites excluding steroid dienone is 1. The second-order valence-corrected chi connectivity index (χ2v) is 4.29. The van der Waals surface area contributed by atoms with Gasteiger partial charge >= 0.3 is 0 Å². The van der Waals surface area contributed by atoms with Crippen molar-refractivity contribution < 1.29 is 5.11 Å². The van der Waals surface area contributed by atoms with Crippen LogP contribution >= 0.6 is 11.3 Å². The van der Waals surface area contributed by atoms with Gasteiger partial charge in [-0.05, 0) is 38.5 Å². The lowest BCUT2D eigenvalue weighted by Gasteiger charge is -1.98. The van der Waals surface area contributed by atoms with Crippen LogP contribution in [-0.4, -0.2) is 11.2 Å². The topological polar surface area (TPSA) is 20.2 Å². The smallest absolute Gasteiger partial charge is 0.0698 e. The largest absolute Gasteiger partial charge is 0.389 e. The number of aryl methyl sites for hydroxylation is 1. The summed E-state index contributed by atoms with van der Waals surface area (Å²) in [7, 11) is 0. The van der Waals surface area contributed by atoms with Crippen LogP contribution in [0.3, 0.4) is 0 Å². The van der Waals surface area contributed by atoms with Gasteiger partial charge in [0.25, 0.3) is 0 Å². The van der Waals surface area contributed by atoms with Crippen molar-refractivity contribution in [2.45, 2.75) is 26.9 Å². The average Bonchev–Trinajstić information content (AvgIpc) is 2.34. The van der Waals surface area contributed by atoms with Gasteiger partial charge in [0.1, 0.15) is 0 Å². The molecule has 0 saturated heterocycles. The first-order valence-corrected chi connectivity index (χ1v) is 4.84. The van der Waals surface area contributed by atoms with Gasteiger partial charge in [0.15, 0.2) is 0 Å². The average molecular weight is 182 g/mol. The number of hydrogen-bond donors (Lipinski definition) is 1. The van der Waals surface area contributed by atoms with Crippen LogP contribution in [0.4, 0.5) is 0 Å². The lowest BCUT2D eigenvalue weighted by atomic mass is 10.2. The maximum Gasteiger partial charge on any atom is 0.0698 e. The van der Waals surface area contributed by atoms with Gasteiger partial charge < -0.3 is 5.11 Å². The summed E-state index contributed by atoms with van der Waals surface area (Å²) >= 11 is 1.76. The van der Waals surface area contributed by atoms with Crippen LogP contribution in [0.1, 0.15) is 23.6 Å². The van der Waals surface area contributed by atoms with Crippen molar-refractivity contribution in [1.82, 2.24) is 0 Å². The van der Waals surface area contributed by atoms with Crippen molar-refractivity contribution in [2.75, 3.05) is 0 Å². The van der Waals surface area contributed by atoms with E-state index in [0.717, 1.165) is 5.57 Å². The first-order chi connectivity index (χ1) is 5.59. The molecule has 0 aliphatic rings. The molecule has 1 heterocycles. The van der Waals surface area contributed by atoms with Crippen LogP contribution < -0.4 is 0 Å². The maximum absolute atomic E-state index is 9.12. The van der Waals surface area contributed by atoms with Crippen LogP contribution in [0.25, 0.3) is 5.57 Å². The van der Waals surface area contributed by atoms with E-state index in [4.69, 9.17) is 5.11 Å². The molecule has 0 aliphatic heterocycles. The molecule has 0 spiro atoms. The Morgan fingerprint density at radius 3 is 2.67 bits per heavy atom. The fraction of sp³-hybridized carbons (Fsp3) is 0.400. The lowest BCUT2D eigenvalue weighted by Crippen LogP contribution is -1.93. The highest BCUT2D eigenvalue weighted by Crippen LogP contribution is 2.23. The van der Waals surface area contributed by atoms with Gasteiger partial charge in [-0.2, -0.15) is 0 Å². The van der Waals surface area contributed by atoms with Crippen molar-refractivity contribution in [1.29, 1.82) is 0 Å². The molecule has 66 valence electrons. The molecule has 1 atom stereocenters. The predicted octanol–water partition coefficient (Wildman–Crippen LogP) is 2.84. The van der Waals surface area contributed by atoms with Gasteiger partial charge in [-0.1, -0.05) is 6.08 Å². The van der Waals surface area contributed by atoms with Crippen molar-refractivity contribution in [3.63, 3.8) is 0 Å². The number of aliphatic hydroxyl groups is 1. The van der Waals surface area contributed by atoms with Gasteiger partial charge in [-0.3, -0.25) is 0 Å². The van der Waals surface area contributed by atoms with E-state index in [0.29, 0.717) is 0 Å². The van der Waals surface area contributed by atoms with Gasteiger partial charge in [-0.25, -0.2) is 0 Å². The molecule has 0 fully saturated rings. The zero-order chi connectivity index (χ0) is 9.14. The highest BCUT2D eigenvalue weighted by atomic mass is 32.1. The third-order valence-corrected chi connectivity index (χ3v) is 2.76. The molecular formula is C10H14OS. The Hall–Kier alpha value is -0.600. The van der Waals surface area contributed by atoms with Crippen molar-refractivity contribution in [3.05, 3.63) is 28.0 Å². The molecule has 0 aromatic carbocycles. The third kappa shape index (κ3) is 2.47. The zero-order valence-corrected chi connectivity index (χ0v) is 8.48. The molecule has 1 aromatic rings. The van der Waals surface area contributed by atoms with Crippen molar-refractivity contribution >= 4 is 16.9 Å². The van der Waals surface area contributed by atoms with Crippen molar-refractivity contribution in [2.24, 2.45) is 0 Å². The maximum atomic E-state index is 9.12. The standard InChI is InChI=1S/C10H14OS/c1-7(6-8(2)11)10-5-4-9(3)12-10/h4-6,8,11H,1-3H3/b7-6-. The quantitative estimate of drug-likeness (QED) is 0.745. The number of thiophene rings is 1. The van der Waals surface area contributed by atoms with Crippen LogP contribution in [-0.2, 0) is 0 Å². The molecule has 1 rings (SSSR count). The Morgan fingerprint density at radius 2 is 2.25 bits per heavy atom. The van der Waals surface area contributed by atoms with Crippen LogP contribution in [0, 0.1) is 6.92 Å². The summed E-state index contributed by atoms with van der Waals surface area (Å²) in [6.07, 6.45) is 1.51. The van der Waals surface area contributed by atoms with Gasteiger partial charge in [-0.15, -0.1) is 11.3 Å². The molecule has 1 aromatic heterocycles. The van der Waals surface area contributed by atoms with E-state index in [2.05, 4.69) is 19.1 Å². The van der Waals surface area contributed by atoms with Crippen LogP contribution in [0.5, 0.6) is 0 Å². The predicted molar refractivity (Wildman–Crippen MR) is 54.4 cm³/mol. The summed E-state index contributed by atoms with van der Waals surface area (Å²) in [6.45, 7) is 5.88. The minimum Gasteiger partial charge on any atom is -0.389 e. The Kier molecular flexibility index (Phi) is 3.06. The Bertz CT molecular complexity index is 284. The monoisotopic (exact) mass is 182 g/mol. The molecule has 2 heteroatoms. The van der Waals surface area contributed by atoms with E-state index >= 15 is 0 Å². The number of hydrogen-bond acceptors (Lipinski definition) is 2.